The fourth-order valence-corrected chi connectivity index (χ4v) is 2.62. The molecule has 3 rings (SSSR count). The molecule has 0 amide bonds. The molecule has 106 valence electrons. The number of nitrogens with two attached hydrogens (primary N) is 1. The maximum Gasteiger partial charge on any atom is 0.137 e. The summed E-state index contributed by atoms with van der Waals surface area (Å²) in [7, 11) is 0. The number of nitrogens with zero attached hydrogens (tertiary/aromatic N) is 2. The predicted octanol–water partition coefficient (Wildman–Crippen LogP) is 4.68. The molecule has 6 heteroatoms. The van der Waals surface area contributed by atoms with E-state index in [1.54, 1.807) is 29.1 Å². The van der Waals surface area contributed by atoms with Crippen molar-refractivity contribution in [3.8, 4) is 16.9 Å². The Hall–Kier alpha value is -1.85. The molecule has 3 aromatic rings. The van der Waals surface area contributed by atoms with Crippen LogP contribution in [0.5, 0.6) is 0 Å². The molecule has 0 saturated heterocycles. The van der Waals surface area contributed by atoms with Crippen LogP contribution in [-0.4, -0.2) is 9.78 Å². The van der Waals surface area contributed by atoms with Crippen molar-refractivity contribution in [2.45, 2.75) is 0 Å². The third kappa shape index (κ3) is 2.66. The minimum Gasteiger partial charge on any atom is -0.396 e. The van der Waals surface area contributed by atoms with E-state index in [0.29, 0.717) is 20.9 Å². The maximum absolute atomic E-state index is 13.3. The van der Waals surface area contributed by atoms with Gasteiger partial charge in [-0.15, -0.1) is 0 Å². The first-order chi connectivity index (χ1) is 10.1. The summed E-state index contributed by atoms with van der Waals surface area (Å²) in [4.78, 5) is 0. The molecular formula is C15H10BrClFN3. The van der Waals surface area contributed by atoms with Gasteiger partial charge in [0.1, 0.15) is 11.5 Å². The quantitative estimate of drug-likeness (QED) is 0.716. The fraction of sp³-hybridized carbons (Fsp3) is 0. The second kappa shape index (κ2) is 5.50. The van der Waals surface area contributed by atoms with Gasteiger partial charge in [0.05, 0.1) is 27.1 Å². The van der Waals surface area contributed by atoms with Crippen molar-refractivity contribution in [3.63, 3.8) is 0 Å². The largest absolute Gasteiger partial charge is 0.396 e. The summed E-state index contributed by atoms with van der Waals surface area (Å²) in [6, 6.07) is 12.0. The van der Waals surface area contributed by atoms with Gasteiger partial charge in [-0.3, -0.25) is 0 Å². The van der Waals surface area contributed by atoms with Crippen LogP contribution in [0.3, 0.4) is 0 Å². The second-order valence-corrected chi connectivity index (χ2v) is 5.72. The number of benzene rings is 2. The molecule has 1 aromatic heterocycles. The second-order valence-electron chi connectivity index (χ2n) is 4.46. The number of rotatable bonds is 2. The molecule has 0 aliphatic heterocycles. The van der Waals surface area contributed by atoms with E-state index >= 15 is 0 Å². The fourth-order valence-electron chi connectivity index (χ4n) is 2.02. The van der Waals surface area contributed by atoms with Crippen molar-refractivity contribution >= 4 is 33.2 Å². The van der Waals surface area contributed by atoms with E-state index in [1.165, 1.54) is 6.07 Å². The Morgan fingerprint density at radius 2 is 1.95 bits per heavy atom. The Morgan fingerprint density at radius 1 is 1.19 bits per heavy atom. The normalized spacial score (nSPS) is 10.8. The number of para-hydroxylation sites is 1. The molecule has 0 radical (unpaired) electrons. The predicted molar refractivity (Wildman–Crippen MR) is 86.1 cm³/mol. The Kier molecular flexibility index (Phi) is 3.69. The average molecular weight is 367 g/mol. The maximum atomic E-state index is 13.3. The molecule has 0 spiro atoms. The van der Waals surface area contributed by atoms with Gasteiger partial charge in [0, 0.05) is 5.56 Å². The molecule has 2 N–H and O–H groups in total. The summed E-state index contributed by atoms with van der Waals surface area (Å²) in [6.07, 6.45) is 1.69. The van der Waals surface area contributed by atoms with E-state index in [0.717, 1.165) is 11.3 Å². The average Bonchev–Trinajstić information content (AvgIpc) is 2.84. The van der Waals surface area contributed by atoms with E-state index in [9.17, 15) is 4.39 Å². The van der Waals surface area contributed by atoms with Crippen LogP contribution in [0.2, 0.25) is 5.02 Å². The first kappa shape index (κ1) is 14.1. The molecule has 0 atom stereocenters. The molecule has 0 bridgehead atoms. The first-order valence-electron chi connectivity index (χ1n) is 6.12. The van der Waals surface area contributed by atoms with Crippen molar-refractivity contribution in [1.29, 1.82) is 0 Å². The number of halogens is 3. The molecule has 3 nitrogen and oxygen atoms in total. The highest BCUT2D eigenvalue weighted by atomic mass is 79.9. The molecular weight excluding hydrogens is 357 g/mol. The van der Waals surface area contributed by atoms with Crippen LogP contribution < -0.4 is 5.73 Å². The standard InChI is InChI=1S/C15H10BrClFN3/c16-10-7-9(5-6-12(10)18)15-13(19)8-21(20-15)14-4-2-1-3-11(14)17/h1-8H,19H2. The number of anilines is 1. The minimum atomic E-state index is -0.331. The van der Waals surface area contributed by atoms with E-state index in [-0.39, 0.29) is 5.82 Å². The van der Waals surface area contributed by atoms with Crippen molar-refractivity contribution < 1.29 is 4.39 Å². The zero-order chi connectivity index (χ0) is 15.0. The highest BCUT2D eigenvalue weighted by molar-refractivity contribution is 9.10. The third-order valence-corrected chi connectivity index (χ3v) is 3.96. The first-order valence-corrected chi connectivity index (χ1v) is 7.29. The van der Waals surface area contributed by atoms with Gasteiger partial charge < -0.3 is 5.73 Å². The molecule has 0 aliphatic carbocycles. The third-order valence-electron chi connectivity index (χ3n) is 3.03. The molecule has 21 heavy (non-hydrogen) atoms. The summed E-state index contributed by atoms with van der Waals surface area (Å²) in [5.41, 5.74) is 8.55. The molecule has 0 unspecified atom stereocenters. The summed E-state index contributed by atoms with van der Waals surface area (Å²) in [6.45, 7) is 0. The lowest BCUT2D eigenvalue weighted by atomic mass is 10.1. The Morgan fingerprint density at radius 3 is 2.67 bits per heavy atom. The van der Waals surface area contributed by atoms with Gasteiger partial charge in [0.15, 0.2) is 0 Å². The van der Waals surface area contributed by atoms with Gasteiger partial charge >= 0.3 is 0 Å². The summed E-state index contributed by atoms with van der Waals surface area (Å²) >= 11 is 9.31. The molecule has 0 fully saturated rings. The van der Waals surface area contributed by atoms with Gasteiger partial charge in [0.25, 0.3) is 0 Å². The lowest BCUT2D eigenvalue weighted by Crippen LogP contribution is -1.95. The summed E-state index contributed by atoms with van der Waals surface area (Å²) < 4.78 is 15.3. The number of nitrogen functional groups attached to an aromatic ring is 1. The monoisotopic (exact) mass is 365 g/mol. The van der Waals surface area contributed by atoms with Gasteiger partial charge in [-0.1, -0.05) is 23.7 Å². The van der Waals surface area contributed by atoms with Crippen LogP contribution in [0.1, 0.15) is 0 Å². The molecule has 0 saturated carbocycles. The Labute approximate surface area is 134 Å². The van der Waals surface area contributed by atoms with E-state index < -0.39 is 0 Å². The van der Waals surface area contributed by atoms with Crippen molar-refractivity contribution in [2.75, 3.05) is 5.73 Å². The smallest absolute Gasteiger partial charge is 0.137 e. The van der Waals surface area contributed by atoms with Gasteiger partial charge in [-0.25, -0.2) is 9.07 Å². The van der Waals surface area contributed by atoms with Crippen LogP contribution in [0.25, 0.3) is 16.9 Å². The minimum absolute atomic E-state index is 0.331. The van der Waals surface area contributed by atoms with Crippen molar-refractivity contribution in [2.24, 2.45) is 0 Å². The highest BCUT2D eigenvalue weighted by Crippen LogP contribution is 2.30. The highest BCUT2D eigenvalue weighted by Gasteiger charge is 2.12. The van der Waals surface area contributed by atoms with Crippen LogP contribution in [0, 0.1) is 5.82 Å². The van der Waals surface area contributed by atoms with E-state index in [4.69, 9.17) is 17.3 Å². The Balaban J connectivity index is 2.10. The lowest BCUT2D eigenvalue weighted by Gasteiger charge is -2.03. The summed E-state index contributed by atoms with van der Waals surface area (Å²) in [5, 5.41) is 5.02. The van der Waals surface area contributed by atoms with E-state index in [2.05, 4.69) is 21.0 Å². The lowest BCUT2D eigenvalue weighted by molar-refractivity contribution is 0.621. The van der Waals surface area contributed by atoms with Crippen molar-refractivity contribution in [3.05, 3.63) is 64.0 Å². The zero-order valence-corrected chi connectivity index (χ0v) is 13.1. The van der Waals surface area contributed by atoms with Crippen molar-refractivity contribution in [1.82, 2.24) is 9.78 Å². The van der Waals surface area contributed by atoms with Gasteiger partial charge in [0.2, 0.25) is 0 Å². The van der Waals surface area contributed by atoms with Crippen LogP contribution >= 0.6 is 27.5 Å². The SMILES string of the molecule is Nc1cn(-c2ccccc2Cl)nc1-c1ccc(F)c(Br)c1. The number of aromatic nitrogens is 2. The van der Waals surface area contributed by atoms with Crippen LogP contribution in [0.4, 0.5) is 10.1 Å². The Bertz CT molecular complexity index is 816. The number of hydrogen-bond donors (Lipinski definition) is 1. The molecule has 0 aliphatic rings. The van der Waals surface area contributed by atoms with Crippen LogP contribution in [0.15, 0.2) is 53.1 Å². The zero-order valence-electron chi connectivity index (χ0n) is 10.7. The van der Waals surface area contributed by atoms with Crippen LogP contribution in [-0.2, 0) is 0 Å². The molecule has 1 heterocycles. The number of hydrogen-bond acceptors (Lipinski definition) is 2. The van der Waals surface area contributed by atoms with Gasteiger partial charge in [-0.05, 0) is 46.3 Å². The van der Waals surface area contributed by atoms with E-state index in [1.807, 2.05) is 18.2 Å². The van der Waals surface area contributed by atoms with Gasteiger partial charge in [-0.2, -0.15) is 5.10 Å². The topological polar surface area (TPSA) is 43.8 Å². The summed E-state index contributed by atoms with van der Waals surface area (Å²) in [5.74, 6) is -0.331. The molecule has 2 aromatic carbocycles.